The third-order valence-corrected chi connectivity index (χ3v) is 5.26. The smallest absolute Gasteiger partial charge is 0.343 e. The zero-order chi connectivity index (χ0) is 21.6. The van der Waals surface area contributed by atoms with Gasteiger partial charge in [0.05, 0.1) is 23.3 Å². The van der Waals surface area contributed by atoms with Crippen LogP contribution in [0.2, 0.25) is 0 Å². The number of aliphatic imine (C=N–C) groups is 1. The van der Waals surface area contributed by atoms with Crippen LogP contribution in [-0.2, 0) is 4.79 Å². The highest BCUT2D eigenvalue weighted by molar-refractivity contribution is 8.18. The van der Waals surface area contributed by atoms with Crippen LogP contribution in [0, 0.1) is 0 Å². The average Bonchev–Trinajstić information content (AvgIpc) is 3.14. The van der Waals surface area contributed by atoms with Crippen LogP contribution in [0.15, 0.2) is 88.8 Å². The summed E-state index contributed by atoms with van der Waals surface area (Å²) in [7, 11) is 1.56. The molecular weight excluding hydrogens is 412 g/mol. The fourth-order valence-corrected chi connectivity index (χ4v) is 3.62. The van der Waals surface area contributed by atoms with Crippen LogP contribution in [0.4, 0.5) is 5.69 Å². The van der Waals surface area contributed by atoms with E-state index in [1.165, 1.54) is 11.8 Å². The van der Waals surface area contributed by atoms with Crippen molar-refractivity contribution < 1.29 is 19.1 Å². The van der Waals surface area contributed by atoms with Gasteiger partial charge in [0.25, 0.3) is 5.91 Å². The molecule has 1 aliphatic rings. The minimum absolute atomic E-state index is 0.199. The molecule has 0 atom stereocenters. The van der Waals surface area contributed by atoms with Gasteiger partial charge < -0.3 is 14.8 Å². The molecule has 0 radical (unpaired) electrons. The Hall–Kier alpha value is -3.84. The van der Waals surface area contributed by atoms with Crippen molar-refractivity contribution in [1.82, 2.24) is 5.32 Å². The maximum absolute atomic E-state index is 12.3. The van der Waals surface area contributed by atoms with Crippen LogP contribution in [-0.4, -0.2) is 24.2 Å². The number of nitrogens with one attached hydrogen (secondary N) is 1. The number of para-hydroxylation sites is 1. The van der Waals surface area contributed by atoms with Gasteiger partial charge in [0.2, 0.25) is 0 Å². The lowest BCUT2D eigenvalue weighted by Crippen LogP contribution is -2.19. The fourth-order valence-electron chi connectivity index (χ4n) is 2.78. The Balaban J connectivity index is 1.42. The Morgan fingerprint density at radius 2 is 1.61 bits per heavy atom. The van der Waals surface area contributed by atoms with Gasteiger partial charge in [0.1, 0.15) is 11.5 Å². The van der Waals surface area contributed by atoms with E-state index in [0.717, 1.165) is 11.3 Å². The van der Waals surface area contributed by atoms with Gasteiger partial charge in [-0.05, 0) is 71.9 Å². The molecule has 1 saturated heterocycles. The zero-order valence-electron chi connectivity index (χ0n) is 16.6. The van der Waals surface area contributed by atoms with Gasteiger partial charge in [-0.3, -0.25) is 4.79 Å². The first-order chi connectivity index (χ1) is 15.1. The van der Waals surface area contributed by atoms with Crippen molar-refractivity contribution >= 4 is 40.6 Å². The van der Waals surface area contributed by atoms with E-state index in [2.05, 4.69) is 10.3 Å². The van der Waals surface area contributed by atoms with E-state index in [1.54, 1.807) is 61.7 Å². The van der Waals surface area contributed by atoms with Gasteiger partial charge in [-0.1, -0.05) is 30.3 Å². The Morgan fingerprint density at radius 1 is 0.935 bits per heavy atom. The van der Waals surface area contributed by atoms with Crippen molar-refractivity contribution in [3.8, 4) is 11.5 Å². The summed E-state index contributed by atoms with van der Waals surface area (Å²) < 4.78 is 10.5. The molecule has 0 unspecified atom stereocenters. The summed E-state index contributed by atoms with van der Waals surface area (Å²) in [6.45, 7) is 0. The summed E-state index contributed by atoms with van der Waals surface area (Å²) in [4.78, 5) is 29.5. The van der Waals surface area contributed by atoms with Gasteiger partial charge in [-0.15, -0.1) is 0 Å². The number of hydrogen-bond donors (Lipinski definition) is 1. The van der Waals surface area contributed by atoms with Gasteiger partial charge in [-0.25, -0.2) is 9.79 Å². The Morgan fingerprint density at radius 3 is 2.29 bits per heavy atom. The molecule has 6 nitrogen and oxygen atoms in total. The molecule has 0 spiro atoms. The molecule has 3 aromatic carbocycles. The number of thioether (sulfide) groups is 1. The first-order valence-corrected chi connectivity index (χ1v) is 10.2. The summed E-state index contributed by atoms with van der Waals surface area (Å²) in [5.74, 6) is 0.425. The number of hydrogen-bond acceptors (Lipinski definition) is 6. The average molecular weight is 430 g/mol. The van der Waals surface area contributed by atoms with E-state index < -0.39 is 5.97 Å². The molecule has 0 bridgehead atoms. The van der Waals surface area contributed by atoms with Crippen LogP contribution in [0.3, 0.4) is 0 Å². The van der Waals surface area contributed by atoms with Crippen molar-refractivity contribution in [3.05, 3.63) is 94.9 Å². The van der Waals surface area contributed by atoms with Crippen molar-refractivity contribution in [2.24, 2.45) is 4.99 Å². The molecule has 31 heavy (non-hydrogen) atoms. The van der Waals surface area contributed by atoms with E-state index in [0.29, 0.717) is 27.1 Å². The number of carbonyl (C=O) groups is 2. The van der Waals surface area contributed by atoms with Crippen LogP contribution < -0.4 is 14.8 Å². The van der Waals surface area contributed by atoms with Gasteiger partial charge in [0, 0.05) is 0 Å². The minimum Gasteiger partial charge on any atom is -0.497 e. The molecule has 7 heteroatoms. The molecule has 1 aliphatic heterocycles. The first kappa shape index (κ1) is 20.4. The highest BCUT2D eigenvalue weighted by Crippen LogP contribution is 2.28. The number of esters is 1. The Labute approximate surface area is 183 Å². The molecule has 4 rings (SSSR count). The van der Waals surface area contributed by atoms with Crippen molar-refractivity contribution in [2.45, 2.75) is 0 Å². The first-order valence-electron chi connectivity index (χ1n) is 9.42. The molecule has 154 valence electrons. The predicted octanol–water partition coefficient (Wildman–Crippen LogP) is 4.81. The second-order valence-electron chi connectivity index (χ2n) is 6.50. The topological polar surface area (TPSA) is 77.0 Å². The number of amidine groups is 1. The van der Waals surface area contributed by atoms with Crippen molar-refractivity contribution in [1.29, 1.82) is 0 Å². The number of ether oxygens (including phenoxy) is 2. The quantitative estimate of drug-likeness (QED) is 0.357. The second kappa shape index (κ2) is 9.32. The molecule has 0 saturated carbocycles. The summed E-state index contributed by atoms with van der Waals surface area (Å²) in [5.41, 5.74) is 2.01. The SMILES string of the molecule is COc1ccc(C(=O)Oc2ccc(/C=C3\SC(=Nc4ccccc4)NC3=O)cc2)cc1. The van der Waals surface area contributed by atoms with E-state index in [-0.39, 0.29) is 5.91 Å². The van der Waals surface area contributed by atoms with E-state index in [1.807, 2.05) is 30.3 Å². The molecule has 3 aromatic rings. The van der Waals surface area contributed by atoms with Gasteiger partial charge >= 0.3 is 5.97 Å². The minimum atomic E-state index is -0.457. The van der Waals surface area contributed by atoms with Crippen LogP contribution in [0.1, 0.15) is 15.9 Å². The predicted molar refractivity (Wildman–Crippen MR) is 122 cm³/mol. The van der Waals surface area contributed by atoms with Crippen molar-refractivity contribution in [2.75, 3.05) is 7.11 Å². The largest absolute Gasteiger partial charge is 0.497 e. The van der Waals surface area contributed by atoms with Crippen LogP contribution in [0.5, 0.6) is 11.5 Å². The number of amides is 1. The third kappa shape index (κ3) is 5.21. The van der Waals surface area contributed by atoms with E-state index >= 15 is 0 Å². The lowest BCUT2D eigenvalue weighted by Gasteiger charge is -2.05. The van der Waals surface area contributed by atoms with E-state index in [4.69, 9.17) is 9.47 Å². The van der Waals surface area contributed by atoms with E-state index in [9.17, 15) is 9.59 Å². The number of benzene rings is 3. The summed E-state index contributed by atoms with van der Waals surface area (Å²) in [6.07, 6.45) is 1.77. The van der Waals surface area contributed by atoms with Gasteiger partial charge in [0.15, 0.2) is 5.17 Å². The normalized spacial score (nSPS) is 15.7. The molecule has 1 heterocycles. The maximum atomic E-state index is 12.3. The Bertz CT molecular complexity index is 1150. The number of carbonyl (C=O) groups excluding carboxylic acids is 2. The molecule has 1 N–H and O–H groups in total. The lowest BCUT2D eigenvalue weighted by molar-refractivity contribution is -0.115. The molecule has 1 amide bonds. The van der Waals surface area contributed by atoms with Gasteiger partial charge in [-0.2, -0.15) is 0 Å². The standard InChI is InChI=1S/C24H18N2O4S/c1-29-19-13-9-17(10-14-19)23(28)30-20-11-7-16(8-12-20)15-21-22(27)26-24(31-21)25-18-5-3-2-4-6-18/h2-15H,1H3,(H,25,26,27)/b21-15-. The highest BCUT2D eigenvalue weighted by Gasteiger charge is 2.23. The Kier molecular flexibility index (Phi) is 6.14. The molecule has 1 fully saturated rings. The highest BCUT2D eigenvalue weighted by atomic mass is 32.2. The molecule has 0 aliphatic carbocycles. The van der Waals surface area contributed by atoms with Crippen molar-refractivity contribution in [3.63, 3.8) is 0 Å². The maximum Gasteiger partial charge on any atom is 0.343 e. The second-order valence-corrected chi connectivity index (χ2v) is 7.53. The fraction of sp³-hybridized carbons (Fsp3) is 0.0417. The summed E-state index contributed by atoms with van der Waals surface area (Å²) in [5, 5.41) is 3.30. The summed E-state index contributed by atoms with van der Waals surface area (Å²) in [6, 6.07) is 23.0. The summed E-state index contributed by atoms with van der Waals surface area (Å²) >= 11 is 1.28. The number of methoxy groups -OCH3 is 1. The third-order valence-electron chi connectivity index (χ3n) is 4.35. The monoisotopic (exact) mass is 430 g/mol. The van der Waals surface area contributed by atoms with Crippen LogP contribution in [0.25, 0.3) is 6.08 Å². The zero-order valence-corrected chi connectivity index (χ0v) is 17.4. The lowest BCUT2D eigenvalue weighted by atomic mass is 10.2. The molecule has 0 aromatic heterocycles. The number of rotatable bonds is 5. The van der Waals surface area contributed by atoms with Crippen LogP contribution >= 0.6 is 11.8 Å². The molecular formula is C24H18N2O4S. The number of nitrogens with zero attached hydrogens (tertiary/aromatic N) is 1.